The molecule has 0 atom stereocenters. The molecule has 0 saturated carbocycles. The minimum atomic E-state index is -1.43. The van der Waals surface area contributed by atoms with Gasteiger partial charge in [0.25, 0.3) is 0 Å². The molecule has 0 N–H and O–H groups in total. The fraction of sp³-hybridized carbons (Fsp3) is 0.200. The average molecular weight is 937 g/mol. The Morgan fingerprint density at radius 2 is 0.810 bits per heavy atom. The van der Waals surface area contributed by atoms with Crippen LogP contribution < -0.4 is 10.8 Å². The molecule has 0 amide bonds. The quantitative estimate of drug-likeness (QED) is 0.123. The molecule has 2 radical (unpaired) electrons. The van der Waals surface area contributed by atoms with Crippen molar-refractivity contribution in [1.29, 1.82) is 0 Å². The molecule has 0 saturated heterocycles. The van der Waals surface area contributed by atoms with Crippen LogP contribution in [0.15, 0.2) is 130 Å². The summed E-state index contributed by atoms with van der Waals surface area (Å²) in [6, 6.07) is 43.7. The Kier molecular flexibility index (Phi) is 18.3. The topological polar surface area (TPSA) is 26.3 Å². The molecule has 0 spiro atoms. The molecule has 0 aliphatic rings. The molecule has 0 aliphatic carbocycles. The predicted molar refractivity (Wildman–Crippen MR) is 263 cm³/mol. The maximum atomic E-state index is 6.23. The van der Waals surface area contributed by atoms with Crippen molar-refractivity contribution in [3.8, 4) is 44.9 Å². The van der Waals surface area contributed by atoms with E-state index in [-0.39, 0.29) is 39.7 Å². The van der Waals surface area contributed by atoms with Crippen LogP contribution in [0.2, 0.25) is 39.3 Å². The van der Waals surface area contributed by atoms with Crippen molar-refractivity contribution in [2.75, 3.05) is 0 Å². The SMILES string of the molecule is Cc1cc2[cH-]c(-c3ccc([Si](C)(C)C)o3)cc2c(-c2ccccc2)c1C.Cc1cc2[cH-]c(-c3ccc([Si](C)(C)C)o3)cc2c(-c2ccccc2)c1C.Cl.Cl.[CH3-].[CH3-].[Si]=[Zr]. The van der Waals surface area contributed by atoms with Crippen LogP contribution in [0.5, 0.6) is 0 Å². The first kappa shape index (κ1) is 50.9. The number of hydrogen-bond donors (Lipinski definition) is 0. The predicted octanol–water partition coefficient (Wildman–Crippen LogP) is 14.7. The summed E-state index contributed by atoms with van der Waals surface area (Å²) in [4.78, 5) is 0. The molecule has 0 fully saturated rings. The monoisotopic (exact) mass is 934 g/mol. The molecule has 58 heavy (non-hydrogen) atoms. The maximum absolute atomic E-state index is 6.23. The zero-order valence-corrected chi connectivity index (χ0v) is 43.3. The number of rotatable bonds is 6. The van der Waals surface area contributed by atoms with E-state index in [4.69, 9.17) is 8.83 Å². The van der Waals surface area contributed by atoms with Crippen LogP contribution >= 0.6 is 24.8 Å². The summed E-state index contributed by atoms with van der Waals surface area (Å²) >= 11 is 1.36. The van der Waals surface area contributed by atoms with E-state index in [1.165, 1.54) is 101 Å². The third-order valence-corrected chi connectivity index (χ3v) is 13.9. The molecule has 2 heterocycles. The van der Waals surface area contributed by atoms with E-state index >= 15 is 0 Å². The number of aryl methyl sites for hydroxylation is 2. The fourth-order valence-corrected chi connectivity index (χ4v) is 9.23. The summed E-state index contributed by atoms with van der Waals surface area (Å²) in [5, 5.41) is 7.50. The Labute approximate surface area is 379 Å². The van der Waals surface area contributed by atoms with Gasteiger partial charge in [-0.05, 0) is 62.1 Å². The second kappa shape index (κ2) is 20.8. The third kappa shape index (κ3) is 10.7. The van der Waals surface area contributed by atoms with E-state index in [0.29, 0.717) is 0 Å². The van der Waals surface area contributed by atoms with Gasteiger partial charge in [0, 0.05) is 0 Å². The van der Waals surface area contributed by atoms with Gasteiger partial charge in [-0.3, -0.25) is 0 Å². The molecular weight excluding hydrogens is 879 g/mol. The van der Waals surface area contributed by atoms with E-state index in [9.17, 15) is 0 Å². The number of halogens is 2. The Hall–Kier alpha value is -3.23. The number of fused-ring (bicyclic) bond motifs is 2. The van der Waals surface area contributed by atoms with Crippen LogP contribution in [-0.2, 0) is 23.3 Å². The van der Waals surface area contributed by atoms with Gasteiger partial charge < -0.3 is 23.7 Å². The van der Waals surface area contributed by atoms with Crippen LogP contribution in [-0.4, -0.2) is 23.0 Å². The molecule has 304 valence electrons. The van der Waals surface area contributed by atoms with Gasteiger partial charge in [0.1, 0.15) is 16.1 Å². The summed E-state index contributed by atoms with van der Waals surface area (Å²) in [5.41, 5.74) is 12.9. The molecule has 0 aliphatic heterocycles. The molecular formula is C50H58Cl2O2Si3Zr-4. The molecule has 2 nitrogen and oxygen atoms in total. The van der Waals surface area contributed by atoms with Crippen LogP contribution in [0.1, 0.15) is 22.3 Å². The molecule has 8 heteroatoms. The van der Waals surface area contributed by atoms with Gasteiger partial charge >= 0.3 is 30.2 Å². The van der Waals surface area contributed by atoms with Gasteiger partial charge in [-0.1, -0.05) is 145 Å². The minimum absolute atomic E-state index is 0. The molecule has 8 rings (SSSR count). The zero-order chi connectivity index (χ0) is 38.9. The second-order valence-corrected chi connectivity index (χ2v) is 26.4. The van der Waals surface area contributed by atoms with Gasteiger partial charge in [-0.25, -0.2) is 0 Å². The van der Waals surface area contributed by atoms with E-state index in [0.717, 1.165) is 22.3 Å². The van der Waals surface area contributed by atoms with E-state index in [1.807, 2.05) is 0 Å². The Bertz CT molecular complexity index is 2370. The van der Waals surface area contributed by atoms with Gasteiger partial charge in [0.05, 0.1) is 22.3 Å². The average Bonchev–Trinajstić information content (AvgIpc) is 3.97. The fourth-order valence-electron chi connectivity index (χ4n) is 7.24. The third-order valence-electron chi connectivity index (χ3n) is 10.4. The Morgan fingerprint density at radius 3 is 1.10 bits per heavy atom. The van der Waals surface area contributed by atoms with Crippen molar-refractivity contribution >= 4 is 80.2 Å². The first-order chi connectivity index (χ1) is 25.7. The molecule has 0 bridgehead atoms. The second-order valence-electron chi connectivity index (χ2n) is 16.4. The van der Waals surface area contributed by atoms with Crippen LogP contribution in [0.4, 0.5) is 0 Å². The van der Waals surface area contributed by atoms with Gasteiger partial charge in [-0.2, -0.15) is 0 Å². The van der Waals surface area contributed by atoms with Gasteiger partial charge in [0.2, 0.25) is 0 Å². The molecule has 8 aromatic rings. The zero-order valence-electron chi connectivity index (χ0n) is 36.2. The standard InChI is InChI=1S/2C24H25OSi.2CH3.2ClH.Si.Zr/c2*1-16-13-19-14-20(22-11-12-23(25-22)26(3,4)5)15-21(19)24(17(16)2)18-9-7-6-8-10-18;;;;;;/h2*6-15H,1-5H3;2*1H3;2*1H;;/q4*-1;;;;. The summed E-state index contributed by atoms with van der Waals surface area (Å²) in [5.74, 6) is 1.96. The summed E-state index contributed by atoms with van der Waals surface area (Å²) < 4.78 is 12.5. The molecule has 0 unspecified atom stereocenters. The number of hydrogen-bond acceptors (Lipinski definition) is 2. The normalized spacial score (nSPS) is 10.8. The molecule has 6 aromatic carbocycles. The van der Waals surface area contributed by atoms with E-state index in [1.54, 1.807) is 0 Å². The summed E-state index contributed by atoms with van der Waals surface area (Å²) in [6.45, 7) is 25.8. The first-order valence-corrected chi connectivity index (χ1v) is 29.9. The Balaban J connectivity index is 0.000000360. The Morgan fingerprint density at radius 1 is 0.483 bits per heavy atom. The van der Waals surface area contributed by atoms with Crippen molar-refractivity contribution in [2.45, 2.75) is 67.0 Å². The van der Waals surface area contributed by atoms with Crippen LogP contribution in [0.25, 0.3) is 66.4 Å². The van der Waals surface area contributed by atoms with Crippen LogP contribution in [0, 0.1) is 42.5 Å². The van der Waals surface area contributed by atoms with Crippen molar-refractivity contribution in [3.05, 3.63) is 158 Å². The van der Waals surface area contributed by atoms with Crippen molar-refractivity contribution < 1.29 is 32.2 Å². The number of benzene rings is 4. The number of furan rings is 2. The molecule has 2 aromatic heterocycles. The van der Waals surface area contributed by atoms with Gasteiger partial charge in [0.15, 0.2) is 0 Å². The van der Waals surface area contributed by atoms with Crippen molar-refractivity contribution in [1.82, 2.24) is 0 Å². The first-order valence-electron chi connectivity index (χ1n) is 18.7. The van der Waals surface area contributed by atoms with E-state index < -0.39 is 16.1 Å². The van der Waals surface area contributed by atoms with Crippen molar-refractivity contribution in [2.24, 2.45) is 0 Å². The van der Waals surface area contributed by atoms with E-state index in [2.05, 4.69) is 195 Å². The summed E-state index contributed by atoms with van der Waals surface area (Å²) in [7, 11) is -2.86. The van der Waals surface area contributed by atoms with Crippen molar-refractivity contribution in [3.63, 3.8) is 0 Å². The van der Waals surface area contributed by atoms with Gasteiger partial charge in [-0.15, -0.1) is 82.8 Å². The summed E-state index contributed by atoms with van der Waals surface area (Å²) in [6.07, 6.45) is 0. The van der Waals surface area contributed by atoms with Crippen LogP contribution in [0.3, 0.4) is 0 Å².